The number of hydrogen-bond acceptors (Lipinski definition) is 2. The standard InChI is InChI=1S/C15H19NO3/c1-10-4-2-3-5-11(10)9-14(17)16-13-7-6-12(8-13)15(18)19/h2-5,12-13H,6-9H2,1H3,(H,16,17)(H,18,19)/t12-,13-/m1/s1. The summed E-state index contributed by atoms with van der Waals surface area (Å²) in [4.78, 5) is 22.8. The van der Waals surface area contributed by atoms with E-state index in [1.54, 1.807) is 0 Å². The summed E-state index contributed by atoms with van der Waals surface area (Å²) in [5.74, 6) is -1.08. The minimum atomic E-state index is -0.754. The number of amides is 1. The minimum absolute atomic E-state index is 0.0117. The molecule has 2 rings (SSSR count). The zero-order chi connectivity index (χ0) is 13.8. The third-order valence-electron chi connectivity index (χ3n) is 3.76. The maximum absolute atomic E-state index is 11.9. The van der Waals surface area contributed by atoms with Gasteiger partial charge < -0.3 is 10.4 Å². The third kappa shape index (κ3) is 3.56. The van der Waals surface area contributed by atoms with Gasteiger partial charge in [-0.2, -0.15) is 0 Å². The fourth-order valence-electron chi connectivity index (χ4n) is 2.60. The van der Waals surface area contributed by atoms with Crippen LogP contribution in [0.2, 0.25) is 0 Å². The van der Waals surface area contributed by atoms with Crippen molar-refractivity contribution in [2.75, 3.05) is 0 Å². The Morgan fingerprint density at radius 1 is 1.32 bits per heavy atom. The van der Waals surface area contributed by atoms with Gasteiger partial charge in [-0.15, -0.1) is 0 Å². The van der Waals surface area contributed by atoms with Crippen LogP contribution in [-0.4, -0.2) is 23.0 Å². The highest BCUT2D eigenvalue weighted by molar-refractivity contribution is 5.79. The Hall–Kier alpha value is -1.84. The zero-order valence-corrected chi connectivity index (χ0v) is 11.1. The van der Waals surface area contributed by atoms with E-state index in [0.29, 0.717) is 19.3 Å². The van der Waals surface area contributed by atoms with Crippen LogP contribution in [0.5, 0.6) is 0 Å². The van der Waals surface area contributed by atoms with Gasteiger partial charge in [0.15, 0.2) is 0 Å². The van der Waals surface area contributed by atoms with E-state index in [9.17, 15) is 9.59 Å². The topological polar surface area (TPSA) is 66.4 Å². The van der Waals surface area contributed by atoms with Crippen molar-refractivity contribution < 1.29 is 14.7 Å². The lowest BCUT2D eigenvalue weighted by Gasteiger charge is -2.13. The SMILES string of the molecule is Cc1ccccc1CC(=O)N[C@@H]1CC[C@@H](C(=O)O)C1. The molecule has 1 aliphatic rings. The second kappa shape index (κ2) is 5.87. The number of aliphatic carboxylic acids is 1. The first-order chi connectivity index (χ1) is 9.06. The number of aryl methyl sites for hydroxylation is 1. The molecule has 0 bridgehead atoms. The van der Waals surface area contributed by atoms with Crippen LogP contribution in [0.4, 0.5) is 0 Å². The molecule has 0 saturated heterocycles. The first kappa shape index (κ1) is 13.6. The molecule has 0 heterocycles. The van der Waals surface area contributed by atoms with Gasteiger partial charge in [0.05, 0.1) is 12.3 Å². The smallest absolute Gasteiger partial charge is 0.306 e. The van der Waals surface area contributed by atoms with Crippen molar-refractivity contribution >= 4 is 11.9 Å². The Morgan fingerprint density at radius 3 is 2.68 bits per heavy atom. The van der Waals surface area contributed by atoms with E-state index in [1.807, 2.05) is 31.2 Å². The number of benzene rings is 1. The van der Waals surface area contributed by atoms with Gasteiger partial charge in [0.25, 0.3) is 0 Å². The van der Waals surface area contributed by atoms with Crippen molar-refractivity contribution in [2.45, 2.75) is 38.6 Å². The molecule has 1 amide bonds. The molecule has 4 nitrogen and oxygen atoms in total. The summed E-state index contributed by atoms with van der Waals surface area (Å²) < 4.78 is 0. The number of nitrogens with one attached hydrogen (secondary N) is 1. The summed E-state index contributed by atoms with van der Waals surface area (Å²) in [5, 5.41) is 11.9. The predicted molar refractivity (Wildman–Crippen MR) is 71.8 cm³/mol. The van der Waals surface area contributed by atoms with Crippen molar-refractivity contribution in [3.8, 4) is 0 Å². The summed E-state index contributed by atoms with van der Waals surface area (Å²) in [6.45, 7) is 1.98. The van der Waals surface area contributed by atoms with Gasteiger partial charge in [0.2, 0.25) is 5.91 Å². The van der Waals surface area contributed by atoms with Gasteiger partial charge in [-0.25, -0.2) is 0 Å². The first-order valence-electron chi connectivity index (χ1n) is 6.63. The van der Waals surface area contributed by atoms with Gasteiger partial charge >= 0.3 is 5.97 Å². The molecule has 1 aromatic rings. The monoisotopic (exact) mass is 261 g/mol. The molecule has 1 aromatic carbocycles. The number of carboxylic acids is 1. The Bertz CT molecular complexity index is 484. The molecular formula is C15H19NO3. The van der Waals surface area contributed by atoms with Crippen molar-refractivity contribution in [1.82, 2.24) is 5.32 Å². The summed E-state index contributed by atoms with van der Waals surface area (Å²) in [6.07, 6.45) is 2.33. The molecule has 19 heavy (non-hydrogen) atoms. The van der Waals surface area contributed by atoms with E-state index < -0.39 is 5.97 Å². The molecule has 4 heteroatoms. The Balaban J connectivity index is 1.86. The molecule has 102 valence electrons. The van der Waals surface area contributed by atoms with Crippen molar-refractivity contribution in [2.24, 2.45) is 5.92 Å². The Kier molecular flexibility index (Phi) is 4.20. The van der Waals surface area contributed by atoms with Crippen molar-refractivity contribution in [3.63, 3.8) is 0 Å². The molecular weight excluding hydrogens is 242 g/mol. The summed E-state index contributed by atoms with van der Waals surface area (Å²) >= 11 is 0. The van der Waals surface area contributed by atoms with E-state index in [4.69, 9.17) is 5.11 Å². The summed E-state index contributed by atoms with van der Waals surface area (Å²) in [6, 6.07) is 7.82. The van der Waals surface area contributed by atoms with Crippen LogP contribution in [0.25, 0.3) is 0 Å². The van der Waals surface area contributed by atoms with Gasteiger partial charge in [-0.3, -0.25) is 9.59 Å². The van der Waals surface area contributed by atoms with Gasteiger partial charge in [0.1, 0.15) is 0 Å². The molecule has 0 aliphatic heterocycles. The van der Waals surface area contributed by atoms with E-state index in [2.05, 4.69) is 5.32 Å². The third-order valence-corrected chi connectivity index (χ3v) is 3.76. The van der Waals surface area contributed by atoms with Crippen LogP contribution in [0.15, 0.2) is 24.3 Å². The molecule has 1 saturated carbocycles. The lowest BCUT2D eigenvalue weighted by atomic mass is 10.1. The molecule has 0 radical (unpaired) electrons. The van der Waals surface area contributed by atoms with Gasteiger partial charge in [-0.1, -0.05) is 24.3 Å². The van der Waals surface area contributed by atoms with Crippen LogP contribution in [0.3, 0.4) is 0 Å². The largest absolute Gasteiger partial charge is 0.481 e. The van der Waals surface area contributed by atoms with Crippen LogP contribution in [0.1, 0.15) is 30.4 Å². The molecule has 1 aliphatic carbocycles. The molecule has 0 unspecified atom stereocenters. The van der Waals surface area contributed by atoms with E-state index in [0.717, 1.165) is 17.5 Å². The quantitative estimate of drug-likeness (QED) is 0.870. The number of hydrogen-bond donors (Lipinski definition) is 2. The predicted octanol–water partition coefficient (Wildman–Crippen LogP) is 1.91. The summed E-state index contributed by atoms with van der Waals surface area (Å²) in [7, 11) is 0. The summed E-state index contributed by atoms with van der Waals surface area (Å²) in [5.41, 5.74) is 2.13. The fourth-order valence-corrected chi connectivity index (χ4v) is 2.60. The molecule has 2 N–H and O–H groups in total. The lowest BCUT2D eigenvalue weighted by Crippen LogP contribution is -2.34. The van der Waals surface area contributed by atoms with Crippen LogP contribution in [-0.2, 0) is 16.0 Å². The first-order valence-corrected chi connectivity index (χ1v) is 6.63. The number of carbonyl (C=O) groups is 2. The normalized spacial score (nSPS) is 22.2. The van der Waals surface area contributed by atoms with Crippen LogP contribution < -0.4 is 5.32 Å². The molecule has 0 spiro atoms. The van der Waals surface area contributed by atoms with Gasteiger partial charge in [-0.05, 0) is 37.3 Å². The highest BCUT2D eigenvalue weighted by Crippen LogP contribution is 2.25. The highest BCUT2D eigenvalue weighted by atomic mass is 16.4. The average molecular weight is 261 g/mol. The van der Waals surface area contributed by atoms with Crippen molar-refractivity contribution in [3.05, 3.63) is 35.4 Å². The van der Waals surface area contributed by atoms with Crippen molar-refractivity contribution in [1.29, 1.82) is 0 Å². The lowest BCUT2D eigenvalue weighted by molar-refractivity contribution is -0.141. The van der Waals surface area contributed by atoms with E-state index >= 15 is 0 Å². The van der Waals surface area contributed by atoms with Crippen LogP contribution >= 0.6 is 0 Å². The molecule has 1 fully saturated rings. The van der Waals surface area contributed by atoms with Gasteiger partial charge in [0, 0.05) is 6.04 Å². The zero-order valence-electron chi connectivity index (χ0n) is 11.1. The second-order valence-corrected chi connectivity index (χ2v) is 5.22. The Morgan fingerprint density at radius 2 is 2.05 bits per heavy atom. The average Bonchev–Trinajstić information content (AvgIpc) is 2.80. The number of carbonyl (C=O) groups excluding carboxylic acids is 1. The second-order valence-electron chi connectivity index (χ2n) is 5.22. The Labute approximate surface area is 112 Å². The highest BCUT2D eigenvalue weighted by Gasteiger charge is 2.30. The molecule has 2 atom stereocenters. The van der Waals surface area contributed by atoms with E-state index in [-0.39, 0.29) is 17.9 Å². The number of rotatable bonds is 4. The number of carboxylic acid groups (broad SMARTS) is 1. The fraction of sp³-hybridized carbons (Fsp3) is 0.467. The van der Waals surface area contributed by atoms with Crippen LogP contribution in [0, 0.1) is 12.8 Å². The maximum atomic E-state index is 11.9. The maximum Gasteiger partial charge on any atom is 0.306 e. The molecule has 0 aromatic heterocycles. The minimum Gasteiger partial charge on any atom is -0.481 e. The van der Waals surface area contributed by atoms with E-state index in [1.165, 1.54) is 0 Å².